The van der Waals surface area contributed by atoms with Crippen LogP contribution in [0.3, 0.4) is 0 Å². The molecule has 0 aliphatic carbocycles. The summed E-state index contributed by atoms with van der Waals surface area (Å²) >= 11 is 0. The van der Waals surface area contributed by atoms with Gasteiger partial charge in [-0.3, -0.25) is 4.90 Å². The van der Waals surface area contributed by atoms with E-state index < -0.39 is 5.60 Å². The lowest BCUT2D eigenvalue weighted by Crippen LogP contribution is -2.59. The summed E-state index contributed by atoms with van der Waals surface area (Å²) < 4.78 is 10.5. The SMILES string of the molecule is COC=C[C@@H]1NC[C@H]2CC[C@@H]1N2C(=O)OC(C)(C)C. The Hall–Kier alpha value is -1.23. The van der Waals surface area contributed by atoms with Gasteiger partial charge < -0.3 is 14.8 Å². The fraction of sp³-hybridized carbons (Fsp3) is 0.786. The maximum Gasteiger partial charge on any atom is 0.410 e. The third-order valence-corrected chi connectivity index (χ3v) is 3.58. The first-order valence-corrected chi connectivity index (χ1v) is 6.86. The Morgan fingerprint density at radius 1 is 1.37 bits per heavy atom. The minimum atomic E-state index is -0.445. The van der Waals surface area contributed by atoms with Crippen molar-refractivity contribution in [3.63, 3.8) is 0 Å². The average molecular weight is 268 g/mol. The van der Waals surface area contributed by atoms with E-state index in [9.17, 15) is 4.79 Å². The second kappa shape index (κ2) is 5.41. The number of hydrogen-bond donors (Lipinski definition) is 1. The molecular weight excluding hydrogens is 244 g/mol. The van der Waals surface area contributed by atoms with Gasteiger partial charge in [-0.1, -0.05) is 0 Å². The molecule has 1 N–H and O–H groups in total. The largest absolute Gasteiger partial charge is 0.505 e. The first-order chi connectivity index (χ1) is 8.92. The van der Waals surface area contributed by atoms with E-state index in [-0.39, 0.29) is 24.2 Å². The van der Waals surface area contributed by atoms with E-state index in [1.165, 1.54) is 0 Å². The predicted molar refractivity (Wildman–Crippen MR) is 72.8 cm³/mol. The van der Waals surface area contributed by atoms with Crippen LogP contribution in [0.5, 0.6) is 0 Å². The Balaban J connectivity index is 2.08. The molecule has 19 heavy (non-hydrogen) atoms. The lowest BCUT2D eigenvalue weighted by atomic mass is 10.1. The molecule has 108 valence electrons. The zero-order chi connectivity index (χ0) is 14.0. The quantitative estimate of drug-likeness (QED) is 0.777. The molecule has 2 saturated heterocycles. The molecule has 0 aromatic rings. The van der Waals surface area contributed by atoms with Gasteiger partial charge in [-0.25, -0.2) is 4.79 Å². The number of fused-ring (bicyclic) bond motifs is 2. The number of carbonyl (C=O) groups is 1. The summed E-state index contributed by atoms with van der Waals surface area (Å²) in [6.45, 7) is 6.51. The number of piperazine rings is 1. The molecule has 0 saturated carbocycles. The first kappa shape index (κ1) is 14.2. The van der Waals surface area contributed by atoms with Crippen LogP contribution < -0.4 is 5.32 Å². The second-order valence-electron chi connectivity index (χ2n) is 6.18. The third kappa shape index (κ3) is 3.21. The number of amides is 1. The molecule has 2 aliphatic rings. The fourth-order valence-corrected chi connectivity index (χ4v) is 2.83. The van der Waals surface area contributed by atoms with Crippen LogP contribution in [0.1, 0.15) is 33.6 Å². The van der Waals surface area contributed by atoms with Gasteiger partial charge >= 0.3 is 6.09 Å². The van der Waals surface area contributed by atoms with Crippen LogP contribution >= 0.6 is 0 Å². The van der Waals surface area contributed by atoms with Crippen molar-refractivity contribution >= 4 is 6.09 Å². The molecule has 0 aromatic heterocycles. The topological polar surface area (TPSA) is 50.8 Å². The molecule has 5 heteroatoms. The Kier molecular flexibility index (Phi) is 4.04. The Bertz CT molecular complexity index is 362. The molecular formula is C14H24N2O3. The van der Waals surface area contributed by atoms with Gasteiger partial charge in [-0.15, -0.1) is 0 Å². The number of rotatable bonds is 2. The first-order valence-electron chi connectivity index (χ1n) is 6.86. The highest BCUT2D eigenvalue weighted by Gasteiger charge is 2.45. The van der Waals surface area contributed by atoms with Crippen LogP contribution in [-0.4, -0.2) is 48.4 Å². The number of hydrogen-bond acceptors (Lipinski definition) is 4. The van der Waals surface area contributed by atoms with Crippen molar-refractivity contribution in [1.82, 2.24) is 10.2 Å². The molecule has 2 heterocycles. The molecule has 3 atom stereocenters. The van der Waals surface area contributed by atoms with Crippen molar-refractivity contribution in [3.05, 3.63) is 12.3 Å². The predicted octanol–water partition coefficient (Wildman–Crippen LogP) is 1.89. The molecule has 0 spiro atoms. The number of nitrogens with one attached hydrogen (secondary N) is 1. The summed E-state index contributed by atoms with van der Waals surface area (Å²) in [5.41, 5.74) is -0.445. The summed E-state index contributed by atoms with van der Waals surface area (Å²) in [5, 5.41) is 3.45. The van der Waals surface area contributed by atoms with Crippen molar-refractivity contribution < 1.29 is 14.3 Å². The zero-order valence-electron chi connectivity index (χ0n) is 12.2. The van der Waals surface area contributed by atoms with Crippen molar-refractivity contribution in [2.24, 2.45) is 0 Å². The van der Waals surface area contributed by atoms with Gasteiger partial charge in [0.25, 0.3) is 0 Å². The second-order valence-corrected chi connectivity index (χ2v) is 6.18. The van der Waals surface area contributed by atoms with Gasteiger partial charge in [0.2, 0.25) is 0 Å². The normalized spacial score (nSPS) is 30.7. The van der Waals surface area contributed by atoms with E-state index >= 15 is 0 Å². The van der Waals surface area contributed by atoms with Gasteiger partial charge in [0, 0.05) is 18.6 Å². The van der Waals surface area contributed by atoms with Crippen LogP contribution in [-0.2, 0) is 9.47 Å². The lowest BCUT2D eigenvalue weighted by Gasteiger charge is -2.40. The standard InChI is InChI=1S/C14H24N2O3/c1-14(2,3)19-13(17)16-10-5-6-12(16)11(15-9-10)7-8-18-4/h7-8,10-12,15H,5-6,9H2,1-4H3/t10-,11+,12+/m1/s1. The van der Waals surface area contributed by atoms with Crippen molar-refractivity contribution in [2.45, 2.75) is 57.3 Å². The van der Waals surface area contributed by atoms with Crippen LogP contribution in [0, 0.1) is 0 Å². The van der Waals surface area contributed by atoms with Crippen LogP contribution in [0.25, 0.3) is 0 Å². The smallest absolute Gasteiger partial charge is 0.410 e. The minimum absolute atomic E-state index is 0.145. The van der Waals surface area contributed by atoms with Crippen molar-refractivity contribution in [3.8, 4) is 0 Å². The summed E-state index contributed by atoms with van der Waals surface area (Å²) in [6, 6.07) is 0.568. The highest BCUT2D eigenvalue weighted by molar-refractivity contribution is 5.70. The number of ether oxygens (including phenoxy) is 2. The highest BCUT2D eigenvalue weighted by Crippen LogP contribution is 2.31. The fourth-order valence-electron chi connectivity index (χ4n) is 2.83. The van der Waals surface area contributed by atoms with Gasteiger partial charge in [0.1, 0.15) is 5.60 Å². The average Bonchev–Trinajstić information content (AvgIpc) is 2.62. The van der Waals surface area contributed by atoms with Crippen molar-refractivity contribution in [2.75, 3.05) is 13.7 Å². The Labute approximate surface area is 114 Å². The summed E-state index contributed by atoms with van der Waals surface area (Å²) in [4.78, 5) is 14.2. The monoisotopic (exact) mass is 268 g/mol. The number of carbonyl (C=O) groups excluding carboxylic acids is 1. The van der Waals surface area contributed by atoms with Gasteiger partial charge in [-0.05, 0) is 39.7 Å². The number of methoxy groups -OCH3 is 1. The van der Waals surface area contributed by atoms with Gasteiger partial charge in [0.05, 0.1) is 19.4 Å². The lowest BCUT2D eigenvalue weighted by molar-refractivity contribution is 0.00667. The molecule has 2 bridgehead atoms. The highest BCUT2D eigenvalue weighted by atomic mass is 16.6. The minimum Gasteiger partial charge on any atom is -0.505 e. The van der Waals surface area contributed by atoms with E-state index in [1.807, 2.05) is 31.7 Å². The molecule has 0 unspecified atom stereocenters. The molecule has 2 rings (SSSR count). The molecule has 2 fully saturated rings. The van der Waals surface area contributed by atoms with Crippen LogP contribution in [0.4, 0.5) is 4.79 Å². The molecule has 2 aliphatic heterocycles. The van der Waals surface area contributed by atoms with Crippen molar-refractivity contribution in [1.29, 1.82) is 0 Å². The third-order valence-electron chi connectivity index (χ3n) is 3.58. The van der Waals surface area contributed by atoms with Crippen LogP contribution in [0.2, 0.25) is 0 Å². The summed E-state index contributed by atoms with van der Waals surface area (Å²) in [6.07, 6.45) is 5.49. The maximum absolute atomic E-state index is 12.3. The van der Waals surface area contributed by atoms with E-state index in [0.717, 1.165) is 19.4 Å². The molecule has 1 amide bonds. The molecule has 5 nitrogen and oxygen atoms in total. The number of nitrogens with zero attached hydrogens (tertiary/aromatic N) is 1. The zero-order valence-corrected chi connectivity index (χ0v) is 12.2. The van der Waals surface area contributed by atoms with Gasteiger partial charge in [-0.2, -0.15) is 0 Å². The summed E-state index contributed by atoms with van der Waals surface area (Å²) in [5.74, 6) is 0. The van der Waals surface area contributed by atoms with E-state index in [4.69, 9.17) is 9.47 Å². The van der Waals surface area contributed by atoms with Crippen LogP contribution in [0.15, 0.2) is 12.3 Å². The molecule has 0 radical (unpaired) electrons. The van der Waals surface area contributed by atoms with E-state index in [1.54, 1.807) is 13.4 Å². The van der Waals surface area contributed by atoms with E-state index in [2.05, 4.69) is 5.32 Å². The van der Waals surface area contributed by atoms with Gasteiger partial charge in [0.15, 0.2) is 0 Å². The van der Waals surface area contributed by atoms with E-state index in [0.29, 0.717) is 0 Å². The Morgan fingerprint density at radius 2 is 2.11 bits per heavy atom. The molecule has 0 aromatic carbocycles. The Morgan fingerprint density at radius 3 is 2.74 bits per heavy atom. The maximum atomic E-state index is 12.3. The summed E-state index contributed by atoms with van der Waals surface area (Å²) in [7, 11) is 1.63.